The number of halogens is 2. The van der Waals surface area contributed by atoms with E-state index in [-0.39, 0.29) is 24.3 Å². The van der Waals surface area contributed by atoms with Crippen LogP contribution in [0.3, 0.4) is 0 Å². The van der Waals surface area contributed by atoms with Crippen molar-refractivity contribution in [3.05, 3.63) is 65.7 Å². The molecule has 0 saturated carbocycles. The maximum Gasteiger partial charge on any atom is 0.238 e. The highest BCUT2D eigenvalue weighted by Gasteiger charge is 2.08. The van der Waals surface area contributed by atoms with E-state index in [9.17, 15) is 13.6 Å². The van der Waals surface area contributed by atoms with Gasteiger partial charge in [0.2, 0.25) is 5.91 Å². The van der Waals surface area contributed by atoms with Gasteiger partial charge in [-0.25, -0.2) is 8.78 Å². The predicted octanol–water partition coefficient (Wildman–Crippen LogP) is 3.25. The minimum atomic E-state index is -0.402. The highest BCUT2D eigenvalue weighted by molar-refractivity contribution is 5.92. The largest absolute Gasteiger partial charge is 0.325 e. The van der Waals surface area contributed by atoms with E-state index in [4.69, 9.17) is 0 Å². The van der Waals surface area contributed by atoms with Crippen LogP contribution in [0.4, 0.5) is 14.5 Å². The number of anilines is 1. The molecule has 2 N–H and O–H groups in total. The van der Waals surface area contributed by atoms with Gasteiger partial charge in [0.25, 0.3) is 0 Å². The van der Waals surface area contributed by atoms with Gasteiger partial charge in [-0.05, 0) is 42.8 Å². The molecular weight excluding hydrogens is 274 g/mol. The SMILES string of the molecule is CC(NCC(=O)Nc1cccc(F)c1)c1ccc(F)cc1. The third-order valence-corrected chi connectivity index (χ3v) is 3.05. The molecule has 0 aliphatic carbocycles. The van der Waals surface area contributed by atoms with Crippen LogP contribution in [0.15, 0.2) is 48.5 Å². The molecule has 1 amide bonds. The first-order valence-electron chi connectivity index (χ1n) is 6.59. The maximum atomic E-state index is 13.0. The number of amides is 1. The van der Waals surface area contributed by atoms with E-state index in [1.807, 2.05) is 6.92 Å². The second kappa shape index (κ2) is 6.95. The number of hydrogen-bond acceptors (Lipinski definition) is 2. The van der Waals surface area contributed by atoms with Gasteiger partial charge in [0.1, 0.15) is 11.6 Å². The fraction of sp³-hybridized carbons (Fsp3) is 0.188. The molecule has 2 aromatic rings. The van der Waals surface area contributed by atoms with Gasteiger partial charge in [-0.1, -0.05) is 18.2 Å². The number of carbonyl (C=O) groups is 1. The van der Waals surface area contributed by atoms with Crippen LogP contribution in [0.5, 0.6) is 0 Å². The first-order valence-corrected chi connectivity index (χ1v) is 6.59. The summed E-state index contributed by atoms with van der Waals surface area (Å²) in [5.74, 6) is -0.968. The topological polar surface area (TPSA) is 41.1 Å². The second-order valence-electron chi connectivity index (χ2n) is 4.71. The highest BCUT2D eigenvalue weighted by Crippen LogP contribution is 2.13. The maximum absolute atomic E-state index is 13.0. The molecule has 21 heavy (non-hydrogen) atoms. The molecule has 0 heterocycles. The van der Waals surface area contributed by atoms with E-state index in [2.05, 4.69) is 10.6 Å². The lowest BCUT2D eigenvalue weighted by Crippen LogP contribution is -2.30. The summed E-state index contributed by atoms with van der Waals surface area (Å²) in [6.07, 6.45) is 0. The number of rotatable bonds is 5. The van der Waals surface area contributed by atoms with E-state index in [1.165, 1.54) is 30.3 Å². The Balaban J connectivity index is 1.84. The molecule has 0 saturated heterocycles. The molecule has 0 spiro atoms. The molecule has 0 aromatic heterocycles. The van der Waals surface area contributed by atoms with Gasteiger partial charge < -0.3 is 10.6 Å². The third-order valence-electron chi connectivity index (χ3n) is 3.05. The van der Waals surface area contributed by atoms with Crippen LogP contribution in [0.1, 0.15) is 18.5 Å². The van der Waals surface area contributed by atoms with Crippen molar-refractivity contribution >= 4 is 11.6 Å². The summed E-state index contributed by atoms with van der Waals surface area (Å²) in [6, 6.07) is 11.7. The Kier molecular flexibility index (Phi) is 5.00. The molecule has 0 aliphatic rings. The van der Waals surface area contributed by atoms with Crippen molar-refractivity contribution in [3.63, 3.8) is 0 Å². The van der Waals surface area contributed by atoms with Gasteiger partial charge in [0.05, 0.1) is 6.54 Å². The summed E-state index contributed by atoms with van der Waals surface area (Å²) in [5, 5.41) is 5.62. The Morgan fingerprint density at radius 2 is 1.81 bits per heavy atom. The summed E-state index contributed by atoms with van der Waals surface area (Å²) < 4.78 is 25.8. The average Bonchev–Trinajstić information content (AvgIpc) is 2.45. The van der Waals surface area contributed by atoms with Crippen LogP contribution in [0, 0.1) is 11.6 Å². The van der Waals surface area contributed by atoms with Crippen molar-refractivity contribution in [2.24, 2.45) is 0 Å². The van der Waals surface area contributed by atoms with Gasteiger partial charge in [0, 0.05) is 11.7 Å². The van der Waals surface area contributed by atoms with Crippen LogP contribution in [-0.2, 0) is 4.79 Å². The molecule has 0 fully saturated rings. The Morgan fingerprint density at radius 1 is 1.10 bits per heavy atom. The quantitative estimate of drug-likeness (QED) is 0.887. The summed E-state index contributed by atoms with van der Waals surface area (Å²) in [6.45, 7) is 1.96. The molecule has 0 radical (unpaired) electrons. The molecule has 2 aromatic carbocycles. The molecule has 0 bridgehead atoms. The van der Waals surface area contributed by atoms with Gasteiger partial charge >= 0.3 is 0 Å². The summed E-state index contributed by atoms with van der Waals surface area (Å²) in [7, 11) is 0. The molecule has 2 rings (SSSR count). The average molecular weight is 290 g/mol. The fourth-order valence-corrected chi connectivity index (χ4v) is 1.89. The number of nitrogens with one attached hydrogen (secondary N) is 2. The zero-order chi connectivity index (χ0) is 15.2. The molecule has 0 aliphatic heterocycles. The Bertz CT molecular complexity index is 614. The summed E-state index contributed by atoms with van der Waals surface area (Å²) in [5.41, 5.74) is 1.30. The predicted molar refractivity (Wildman–Crippen MR) is 77.8 cm³/mol. The van der Waals surface area contributed by atoms with Crippen LogP contribution in [0.25, 0.3) is 0 Å². The Morgan fingerprint density at radius 3 is 2.48 bits per heavy atom. The first-order chi connectivity index (χ1) is 10.0. The van der Waals surface area contributed by atoms with E-state index in [0.29, 0.717) is 5.69 Å². The molecule has 110 valence electrons. The normalized spacial score (nSPS) is 12.0. The summed E-state index contributed by atoms with van der Waals surface area (Å²) >= 11 is 0. The highest BCUT2D eigenvalue weighted by atomic mass is 19.1. The molecule has 3 nitrogen and oxygen atoms in total. The zero-order valence-electron chi connectivity index (χ0n) is 11.6. The van der Waals surface area contributed by atoms with Crippen molar-refractivity contribution < 1.29 is 13.6 Å². The zero-order valence-corrected chi connectivity index (χ0v) is 11.6. The van der Waals surface area contributed by atoms with Crippen molar-refractivity contribution in [3.8, 4) is 0 Å². The van der Waals surface area contributed by atoms with Crippen LogP contribution in [0.2, 0.25) is 0 Å². The van der Waals surface area contributed by atoms with E-state index in [1.54, 1.807) is 18.2 Å². The number of hydrogen-bond donors (Lipinski definition) is 2. The van der Waals surface area contributed by atoms with Crippen molar-refractivity contribution in [2.45, 2.75) is 13.0 Å². The second-order valence-corrected chi connectivity index (χ2v) is 4.71. The lowest BCUT2D eigenvalue weighted by Gasteiger charge is -2.14. The Labute approximate surface area is 122 Å². The Hall–Kier alpha value is -2.27. The van der Waals surface area contributed by atoms with E-state index in [0.717, 1.165) is 5.56 Å². The van der Waals surface area contributed by atoms with Gasteiger partial charge in [-0.3, -0.25) is 4.79 Å². The van der Waals surface area contributed by atoms with Crippen molar-refractivity contribution in [1.82, 2.24) is 5.32 Å². The van der Waals surface area contributed by atoms with Crippen molar-refractivity contribution in [1.29, 1.82) is 0 Å². The molecule has 5 heteroatoms. The standard InChI is InChI=1S/C16H16F2N2O/c1-11(12-5-7-13(17)8-6-12)19-10-16(21)20-15-4-2-3-14(18)9-15/h2-9,11,19H,10H2,1H3,(H,20,21). The van der Waals surface area contributed by atoms with E-state index >= 15 is 0 Å². The van der Waals surface area contributed by atoms with E-state index < -0.39 is 5.82 Å². The molecule has 1 unspecified atom stereocenters. The minimum absolute atomic E-state index is 0.0784. The van der Waals surface area contributed by atoms with Gasteiger partial charge in [-0.15, -0.1) is 0 Å². The van der Waals surface area contributed by atoms with Crippen LogP contribution >= 0.6 is 0 Å². The lowest BCUT2D eigenvalue weighted by atomic mass is 10.1. The first kappa shape index (κ1) is 15.1. The van der Waals surface area contributed by atoms with Crippen LogP contribution < -0.4 is 10.6 Å². The molecule has 1 atom stereocenters. The number of benzene rings is 2. The fourth-order valence-electron chi connectivity index (χ4n) is 1.89. The lowest BCUT2D eigenvalue weighted by molar-refractivity contribution is -0.115. The summed E-state index contributed by atoms with van der Waals surface area (Å²) in [4.78, 5) is 11.8. The molecular formula is C16H16F2N2O. The van der Waals surface area contributed by atoms with Crippen molar-refractivity contribution in [2.75, 3.05) is 11.9 Å². The monoisotopic (exact) mass is 290 g/mol. The minimum Gasteiger partial charge on any atom is -0.325 e. The smallest absolute Gasteiger partial charge is 0.238 e. The number of carbonyl (C=O) groups excluding carboxylic acids is 1. The van der Waals surface area contributed by atoms with Crippen LogP contribution in [-0.4, -0.2) is 12.5 Å². The van der Waals surface area contributed by atoms with Gasteiger partial charge in [-0.2, -0.15) is 0 Å². The van der Waals surface area contributed by atoms with Gasteiger partial charge in [0.15, 0.2) is 0 Å². The third kappa shape index (κ3) is 4.65.